The lowest BCUT2D eigenvalue weighted by Crippen LogP contribution is -1.93. The molecule has 0 aliphatic carbocycles. The second-order valence-electron chi connectivity index (χ2n) is 2.52. The Labute approximate surface area is 71.9 Å². The smallest absolute Gasteiger partial charge is 0.0991 e. The first-order valence-electron chi connectivity index (χ1n) is 3.67. The molecule has 2 heteroatoms. The summed E-state index contributed by atoms with van der Waals surface area (Å²) in [6, 6.07) is 7.31. The monoisotopic (exact) mass is 158 g/mol. The first kappa shape index (κ1) is 8.35. The summed E-state index contributed by atoms with van der Waals surface area (Å²) in [7, 11) is 0. The highest BCUT2D eigenvalue weighted by molar-refractivity contribution is 5.51. The third-order valence-electron chi connectivity index (χ3n) is 1.64. The Balaban J connectivity index is 3.09. The largest absolute Gasteiger partial charge is 0.398 e. The molecule has 0 atom stereocenters. The van der Waals surface area contributed by atoms with Gasteiger partial charge in [-0.2, -0.15) is 5.26 Å². The van der Waals surface area contributed by atoms with Crippen LogP contribution < -0.4 is 5.73 Å². The van der Waals surface area contributed by atoms with Crippen molar-refractivity contribution in [3.8, 4) is 6.07 Å². The Morgan fingerprint density at radius 3 is 2.92 bits per heavy atom. The number of nitrogens with zero attached hydrogens (tertiary/aromatic N) is 1. The molecule has 0 aliphatic heterocycles. The van der Waals surface area contributed by atoms with Crippen LogP contribution in [-0.4, -0.2) is 0 Å². The van der Waals surface area contributed by atoms with Gasteiger partial charge in [0.25, 0.3) is 0 Å². The molecule has 0 aromatic heterocycles. The normalized spacial score (nSPS) is 8.92. The fourth-order valence-corrected chi connectivity index (χ4v) is 1.01. The van der Waals surface area contributed by atoms with Gasteiger partial charge in [0, 0.05) is 5.69 Å². The Morgan fingerprint density at radius 2 is 2.33 bits per heavy atom. The zero-order chi connectivity index (χ0) is 8.97. The van der Waals surface area contributed by atoms with Crippen LogP contribution in [0, 0.1) is 11.3 Å². The summed E-state index contributed by atoms with van der Waals surface area (Å²) in [5, 5.41) is 8.60. The molecule has 0 saturated carbocycles. The van der Waals surface area contributed by atoms with E-state index in [2.05, 4.69) is 12.6 Å². The van der Waals surface area contributed by atoms with E-state index in [0.717, 1.165) is 5.56 Å². The van der Waals surface area contributed by atoms with Gasteiger partial charge < -0.3 is 5.73 Å². The molecular weight excluding hydrogens is 148 g/mol. The minimum absolute atomic E-state index is 0.640. The van der Waals surface area contributed by atoms with Gasteiger partial charge in [-0.1, -0.05) is 6.08 Å². The third-order valence-corrected chi connectivity index (χ3v) is 1.64. The molecule has 1 aromatic rings. The molecule has 60 valence electrons. The number of anilines is 1. The third kappa shape index (κ3) is 1.64. The van der Waals surface area contributed by atoms with Gasteiger partial charge >= 0.3 is 0 Å². The van der Waals surface area contributed by atoms with Crippen molar-refractivity contribution in [3.63, 3.8) is 0 Å². The van der Waals surface area contributed by atoms with E-state index in [9.17, 15) is 0 Å². The van der Waals surface area contributed by atoms with Crippen molar-refractivity contribution < 1.29 is 0 Å². The Bertz CT molecular complexity index is 334. The van der Waals surface area contributed by atoms with E-state index in [0.29, 0.717) is 17.7 Å². The maximum absolute atomic E-state index is 8.60. The molecule has 0 heterocycles. The van der Waals surface area contributed by atoms with E-state index in [1.54, 1.807) is 24.3 Å². The summed E-state index contributed by atoms with van der Waals surface area (Å²) in [6.45, 7) is 3.61. The molecule has 0 amide bonds. The second kappa shape index (κ2) is 3.59. The van der Waals surface area contributed by atoms with Gasteiger partial charge in [0.05, 0.1) is 11.6 Å². The SMILES string of the molecule is C=CCc1cc(C#N)ccc1N. The topological polar surface area (TPSA) is 49.8 Å². The molecule has 0 unspecified atom stereocenters. The van der Waals surface area contributed by atoms with E-state index in [-0.39, 0.29) is 0 Å². The molecule has 0 fully saturated rings. The highest BCUT2D eigenvalue weighted by Gasteiger charge is 1.97. The number of hydrogen-bond donors (Lipinski definition) is 1. The lowest BCUT2D eigenvalue weighted by Gasteiger charge is -2.01. The molecule has 2 N–H and O–H groups in total. The van der Waals surface area contributed by atoms with Crippen LogP contribution in [0.25, 0.3) is 0 Å². The van der Waals surface area contributed by atoms with Gasteiger partial charge in [0.15, 0.2) is 0 Å². The quantitative estimate of drug-likeness (QED) is 0.527. The minimum Gasteiger partial charge on any atom is -0.398 e. The van der Waals surface area contributed by atoms with Crippen LogP contribution in [0.15, 0.2) is 30.9 Å². The van der Waals surface area contributed by atoms with E-state index in [1.807, 2.05) is 0 Å². The van der Waals surface area contributed by atoms with Gasteiger partial charge in [0.2, 0.25) is 0 Å². The van der Waals surface area contributed by atoms with Gasteiger partial charge in [-0.3, -0.25) is 0 Å². The summed E-state index contributed by atoms with van der Waals surface area (Å²) in [5.41, 5.74) is 7.99. The van der Waals surface area contributed by atoms with Gasteiger partial charge in [0.1, 0.15) is 0 Å². The Kier molecular flexibility index (Phi) is 2.49. The molecule has 0 spiro atoms. The van der Waals surface area contributed by atoms with Crippen molar-refractivity contribution in [2.75, 3.05) is 5.73 Å². The lowest BCUT2D eigenvalue weighted by atomic mass is 10.1. The summed E-state index contributed by atoms with van der Waals surface area (Å²) in [5.74, 6) is 0. The average Bonchev–Trinajstić information content (AvgIpc) is 2.09. The number of nitriles is 1. The minimum atomic E-state index is 0.640. The van der Waals surface area contributed by atoms with Crippen molar-refractivity contribution in [3.05, 3.63) is 42.0 Å². The van der Waals surface area contributed by atoms with Crippen LogP contribution in [0.4, 0.5) is 5.69 Å². The summed E-state index contributed by atoms with van der Waals surface area (Å²) >= 11 is 0. The molecule has 12 heavy (non-hydrogen) atoms. The van der Waals surface area contributed by atoms with E-state index in [4.69, 9.17) is 11.0 Å². The molecule has 1 rings (SSSR count). The Hall–Kier alpha value is -1.75. The summed E-state index contributed by atoms with van der Waals surface area (Å²) < 4.78 is 0. The van der Waals surface area contributed by atoms with Crippen LogP contribution in [0.1, 0.15) is 11.1 Å². The molecule has 0 aliphatic rings. The number of allylic oxidation sites excluding steroid dienone is 1. The van der Waals surface area contributed by atoms with Crippen LogP contribution in [0.2, 0.25) is 0 Å². The van der Waals surface area contributed by atoms with Crippen molar-refractivity contribution in [2.24, 2.45) is 0 Å². The fraction of sp³-hybridized carbons (Fsp3) is 0.100. The maximum atomic E-state index is 8.60. The molecular formula is C10H10N2. The van der Waals surface area contributed by atoms with Crippen LogP contribution in [0.3, 0.4) is 0 Å². The fourth-order valence-electron chi connectivity index (χ4n) is 1.01. The molecule has 2 nitrogen and oxygen atoms in total. The van der Waals surface area contributed by atoms with Gasteiger partial charge in [-0.25, -0.2) is 0 Å². The maximum Gasteiger partial charge on any atom is 0.0991 e. The van der Waals surface area contributed by atoms with Gasteiger partial charge in [-0.05, 0) is 30.2 Å². The van der Waals surface area contributed by atoms with E-state index >= 15 is 0 Å². The Morgan fingerprint density at radius 1 is 1.58 bits per heavy atom. The highest BCUT2D eigenvalue weighted by atomic mass is 14.6. The molecule has 0 saturated heterocycles. The van der Waals surface area contributed by atoms with E-state index < -0.39 is 0 Å². The number of hydrogen-bond acceptors (Lipinski definition) is 2. The van der Waals surface area contributed by atoms with Crippen LogP contribution >= 0.6 is 0 Å². The number of nitrogens with two attached hydrogens (primary N) is 1. The van der Waals surface area contributed by atoms with Crippen LogP contribution in [0.5, 0.6) is 0 Å². The predicted octanol–water partition coefficient (Wildman–Crippen LogP) is 1.87. The zero-order valence-electron chi connectivity index (χ0n) is 6.75. The first-order chi connectivity index (χ1) is 5.77. The lowest BCUT2D eigenvalue weighted by molar-refractivity contribution is 1.27. The summed E-state index contributed by atoms with van der Waals surface area (Å²) in [4.78, 5) is 0. The average molecular weight is 158 g/mol. The standard InChI is InChI=1S/C10H10N2/c1-2-3-9-6-8(7-11)4-5-10(9)12/h2,4-6H,1,3,12H2. The summed E-state index contributed by atoms with van der Waals surface area (Å²) in [6.07, 6.45) is 2.48. The first-order valence-corrected chi connectivity index (χ1v) is 3.67. The van der Waals surface area contributed by atoms with Crippen molar-refractivity contribution in [2.45, 2.75) is 6.42 Å². The van der Waals surface area contributed by atoms with Crippen LogP contribution in [-0.2, 0) is 6.42 Å². The molecule has 0 radical (unpaired) electrons. The van der Waals surface area contributed by atoms with Crippen molar-refractivity contribution in [1.82, 2.24) is 0 Å². The second-order valence-corrected chi connectivity index (χ2v) is 2.52. The predicted molar refractivity (Wildman–Crippen MR) is 49.5 cm³/mol. The zero-order valence-corrected chi connectivity index (χ0v) is 6.75. The van der Waals surface area contributed by atoms with Crippen molar-refractivity contribution >= 4 is 5.69 Å². The number of rotatable bonds is 2. The highest BCUT2D eigenvalue weighted by Crippen LogP contribution is 2.14. The van der Waals surface area contributed by atoms with E-state index in [1.165, 1.54) is 0 Å². The number of benzene rings is 1. The molecule has 0 bridgehead atoms. The van der Waals surface area contributed by atoms with Gasteiger partial charge in [-0.15, -0.1) is 6.58 Å². The molecule has 1 aromatic carbocycles. The number of nitrogen functional groups attached to an aromatic ring is 1. The van der Waals surface area contributed by atoms with Crippen molar-refractivity contribution in [1.29, 1.82) is 5.26 Å².